The molecule has 0 fully saturated rings. The van der Waals surface area contributed by atoms with E-state index in [0.29, 0.717) is 22.7 Å². The van der Waals surface area contributed by atoms with Crippen LogP contribution in [-0.4, -0.2) is 27.9 Å². The van der Waals surface area contributed by atoms with Crippen LogP contribution < -0.4 is 14.8 Å². The van der Waals surface area contributed by atoms with Crippen LogP contribution in [0.3, 0.4) is 0 Å². The third kappa shape index (κ3) is 3.24. The summed E-state index contributed by atoms with van der Waals surface area (Å²) in [5.41, 5.74) is 2.05. The Morgan fingerprint density at radius 3 is 2.70 bits per heavy atom. The van der Waals surface area contributed by atoms with Crippen molar-refractivity contribution < 1.29 is 14.3 Å². The number of fused-ring (bicyclic) bond motifs is 1. The quantitative estimate of drug-likeness (QED) is 0.778. The van der Waals surface area contributed by atoms with Crippen LogP contribution in [0.4, 0.5) is 5.69 Å². The summed E-state index contributed by atoms with van der Waals surface area (Å²) in [7, 11) is 1.56. The van der Waals surface area contributed by atoms with Crippen molar-refractivity contribution in [2.75, 3.05) is 12.4 Å². The molecule has 7 heteroatoms. The van der Waals surface area contributed by atoms with Gasteiger partial charge in [-0.15, -0.1) is 0 Å². The number of nitrogens with one attached hydrogen (secondary N) is 1. The first-order valence-corrected chi connectivity index (χ1v) is 7.74. The Kier molecular flexibility index (Phi) is 4.38. The van der Waals surface area contributed by atoms with E-state index < -0.39 is 6.10 Å². The first-order valence-electron chi connectivity index (χ1n) is 7.01. The van der Waals surface area contributed by atoms with Crippen LogP contribution in [0.15, 0.2) is 42.5 Å². The van der Waals surface area contributed by atoms with E-state index in [9.17, 15) is 4.79 Å². The van der Waals surface area contributed by atoms with Gasteiger partial charge in [-0.05, 0) is 31.2 Å². The van der Waals surface area contributed by atoms with Gasteiger partial charge in [0, 0.05) is 0 Å². The molecule has 0 aliphatic heterocycles. The van der Waals surface area contributed by atoms with Crippen molar-refractivity contribution in [2.45, 2.75) is 13.0 Å². The number of methoxy groups -OCH3 is 1. The van der Waals surface area contributed by atoms with Crippen molar-refractivity contribution in [2.24, 2.45) is 0 Å². The number of benzene rings is 2. The molecule has 0 saturated carbocycles. The average molecular weight is 329 g/mol. The summed E-state index contributed by atoms with van der Waals surface area (Å²) in [6.07, 6.45) is -0.687. The van der Waals surface area contributed by atoms with Gasteiger partial charge in [0.15, 0.2) is 17.6 Å². The zero-order valence-corrected chi connectivity index (χ0v) is 13.5. The molecular formula is C16H15N3O3S. The number of hydrogen-bond acceptors (Lipinski definition) is 6. The van der Waals surface area contributed by atoms with Crippen molar-refractivity contribution in [1.82, 2.24) is 8.75 Å². The maximum absolute atomic E-state index is 12.4. The Morgan fingerprint density at radius 1 is 1.13 bits per heavy atom. The van der Waals surface area contributed by atoms with E-state index in [2.05, 4.69) is 14.1 Å². The summed E-state index contributed by atoms with van der Waals surface area (Å²) in [6.45, 7) is 1.68. The molecule has 23 heavy (non-hydrogen) atoms. The fourth-order valence-electron chi connectivity index (χ4n) is 2.10. The van der Waals surface area contributed by atoms with Crippen molar-refractivity contribution in [1.29, 1.82) is 0 Å². The van der Waals surface area contributed by atoms with Crippen LogP contribution in [0.5, 0.6) is 11.5 Å². The molecule has 1 aromatic heterocycles. The Bertz CT molecular complexity index is 834. The van der Waals surface area contributed by atoms with Crippen LogP contribution in [0.1, 0.15) is 6.92 Å². The summed E-state index contributed by atoms with van der Waals surface area (Å²) in [6, 6.07) is 12.7. The van der Waals surface area contributed by atoms with Crippen LogP contribution in [0.2, 0.25) is 0 Å². The number of anilines is 1. The SMILES string of the molecule is COc1ccccc1OC(C)C(=O)Nc1cccc2nsnc12. The second-order valence-corrected chi connectivity index (χ2v) is 5.37. The molecule has 0 bridgehead atoms. The Hall–Kier alpha value is -2.67. The molecule has 0 aliphatic carbocycles. The zero-order valence-electron chi connectivity index (χ0n) is 12.6. The van der Waals surface area contributed by atoms with Crippen molar-refractivity contribution in [3.63, 3.8) is 0 Å². The summed E-state index contributed by atoms with van der Waals surface area (Å²) < 4.78 is 19.3. The normalized spacial score (nSPS) is 11.9. The molecule has 2 aromatic carbocycles. The van der Waals surface area contributed by atoms with E-state index in [-0.39, 0.29) is 5.91 Å². The topological polar surface area (TPSA) is 73.3 Å². The minimum Gasteiger partial charge on any atom is -0.493 e. The van der Waals surface area contributed by atoms with E-state index in [1.54, 1.807) is 32.2 Å². The van der Waals surface area contributed by atoms with Gasteiger partial charge < -0.3 is 14.8 Å². The molecule has 1 heterocycles. The van der Waals surface area contributed by atoms with Crippen molar-refractivity contribution in [3.8, 4) is 11.5 Å². The first kappa shape index (κ1) is 15.2. The number of nitrogens with zero attached hydrogens (tertiary/aromatic N) is 2. The van der Waals surface area contributed by atoms with Crippen molar-refractivity contribution in [3.05, 3.63) is 42.5 Å². The third-order valence-electron chi connectivity index (χ3n) is 3.29. The summed E-state index contributed by atoms with van der Waals surface area (Å²) in [5, 5.41) is 2.83. The number of hydrogen-bond donors (Lipinski definition) is 1. The van der Waals surface area contributed by atoms with Gasteiger partial charge in [-0.25, -0.2) is 0 Å². The van der Waals surface area contributed by atoms with Gasteiger partial charge in [-0.3, -0.25) is 4.79 Å². The number of para-hydroxylation sites is 2. The molecule has 0 saturated heterocycles. The summed E-state index contributed by atoms with van der Waals surface area (Å²) >= 11 is 1.11. The molecule has 0 radical (unpaired) electrons. The summed E-state index contributed by atoms with van der Waals surface area (Å²) in [4.78, 5) is 12.4. The lowest BCUT2D eigenvalue weighted by Gasteiger charge is -2.16. The number of amides is 1. The molecule has 3 rings (SSSR count). The maximum atomic E-state index is 12.4. The van der Waals surface area contributed by atoms with Crippen molar-refractivity contribution >= 4 is 34.4 Å². The number of rotatable bonds is 5. The number of aromatic nitrogens is 2. The smallest absolute Gasteiger partial charge is 0.265 e. The maximum Gasteiger partial charge on any atom is 0.265 e. The predicted molar refractivity (Wildman–Crippen MR) is 89.1 cm³/mol. The summed E-state index contributed by atoms with van der Waals surface area (Å²) in [5.74, 6) is 0.834. The highest BCUT2D eigenvalue weighted by Gasteiger charge is 2.18. The van der Waals surface area contributed by atoms with Gasteiger partial charge >= 0.3 is 0 Å². The third-order valence-corrected chi connectivity index (χ3v) is 3.83. The Balaban J connectivity index is 1.74. The number of carbonyl (C=O) groups excluding carboxylic acids is 1. The average Bonchev–Trinajstić information content (AvgIpc) is 3.05. The molecule has 6 nitrogen and oxygen atoms in total. The predicted octanol–water partition coefficient (Wildman–Crippen LogP) is 3.11. The van der Waals surface area contributed by atoms with Crippen LogP contribution in [0.25, 0.3) is 11.0 Å². The highest BCUT2D eigenvalue weighted by Crippen LogP contribution is 2.27. The number of carbonyl (C=O) groups is 1. The van der Waals surface area contributed by atoms with Crippen LogP contribution in [-0.2, 0) is 4.79 Å². The van der Waals surface area contributed by atoms with Crippen LogP contribution >= 0.6 is 11.7 Å². The van der Waals surface area contributed by atoms with Gasteiger partial charge in [0.05, 0.1) is 24.5 Å². The van der Waals surface area contributed by atoms with Gasteiger partial charge in [0.2, 0.25) is 0 Å². The second kappa shape index (κ2) is 6.62. The Morgan fingerprint density at radius 2 is 1.91 bits per heavy atom. The standard InChI is InChI=1S/C16H15N3O3S/c1-10(22-14-9-4-3-8-13(14)21-2)16(20)17-11-6-5-7-12-15(11)19-23-18-12/h3-10H,1-2H3,(H,17,20). The minimum atomic E-state index is -0.687. The largest absolute Gasteiger partial charge is 0.493 e. The molecule has 1 atom stereocenters. The highest BCUT2D eigenvalue weighted by atomic mass is 32.1. The lowest BCUT2D eigenvalue weighted by atomic mass is 10.2. The molecule has 1 unspecified atom stereocenters. The molecule has 3 aromatic rings. The lowest BCUT2D eigenvalue weighted by molar-refractivity contribution is -0.122. The molecule has 1 amide bonds. The molecular weight excluding hydrogens is 314 g/mol. The second-order valence-electron chi connectivity index (χ2n) is 4.84. The van der Waals surface area contributed by atoms with Gasteiger partial charge in [0.1, 0.15) is 11.0 Å². The van der Waals surface area contributed by atoms with E-state index in [1.165, 1.54) is 0 Å². The molecule has 1 N–H and O–H groups in total. The zero-order chi connectivity index (χ0) is 16.2. The van der Waals surface area contributed by atoms with Gasteiger partial charge in [-0.2, -0.15) is 8.75 Å². The molecule has 0 aliphatic rings. The fraction of sp³-hybridized carbons (Fsp3) is 0.188. The molecule has 118 valence electrons. The van der Waals surface area contributed by atoms with E-state index in [1.807, 2.05) is 24.3 Å². The van der Waals surface area contributed by atoms with Crippen LogP contribution in [0, 0.1) is 0 Å². The monoisotopic (exact) mass is 329 g/mol. The fourth-order valence-corrected chi connectivity index (χ4v) is 2.65. The molecule has 0 spiro atoms. The van der Waals surface area contributed by atoms with E-state index >= 15 is 0 Å². The lowest BCUT2D eigenvalue weighted by Crippen LogP contribution is -2.30. The Labute approximate surface area is 137 Å². The van der Waals surface area contributed by atoms with E-state index in [4.69, 9.17) is 9.47 Å². The van der Waals surface area contributed by atoms with Gasteiger partial charge in [0.25, 0.3) is 5.91 Å². The number of ether oxygens (including phenoxy) is 2. The van der Waals surface area contributed by atoms with E-state index in [0.717, 1.165) is 17.2 Å². The van der Waals surface area contributed by atoms with Gasteiger partial charge in [-0.1, -0.05) is 18.2 Å². The minimum absolute atomic E-state index is 0.267. The highest BCUT2D eigenvalue weighted by molar-refractivity contribution is 7.00. The first-order chi connectivity index (χ1) is 11.2.